The van der Waals surface area contributed by atoms with Crippen molar-refractivity contribution in [3.05, 3.63) is 71.8 Å². The Balaban J connectivity index is 1.96. The van der Waals surface area contributed by atoms with Crippen LogP contribution >= 0.6 is 0 Å². The Labute approximate surface area is 139 Å². The number of amidine groups is 1. The first kappa shape index (κ1) is 15.8. The maximum absolute atomic E-state index is 4.98. The number of aliphatic imine (C=N–C) groups is 1. The molecule has 0 bridgehead atoms. The molecule has 0 fully saturated rings. The monoisotopic (exact) mass is 306 g/mol. The third kappa shape index (κ3) is 3.31. The Kier molecular flexibility index (Phi) is 4.80. The molecule has 0 aliphatic carbocycles. The molecule has 3 rings (SSSR count). The van der Waals surface area contributed by atoms with Gasteiger partial charge in [-0.25, -0.2) is 0 Å². The first-order valence-electron chi connectivity index (χ1n) is 8.66. The lowest BCUT2D eigenvalue weighted by molar-refractivity contribution is 0.263. The minimum absolute atomic E-state index is 0.198. The van der Waals surface area contributed by atoms with Crippen molar-refractivity contribution in [1.82, 2.24) is 5.32 Å². The Hall–Kier alpha value is -2.09. The van der Waals surface area contributed by atoms with Crippen LogP contribution in [0.25, 0.3) is 0 Å². The van der Waals surface area contributed by atoms with E-state index in [1.165, 1.54) is 24.0 Å². The fourth-order valence-corrected chi connectivity index (χ4v) is 3.36. The van der Waals surface area contributed by atoms with Gasteiger partial charge < -0.3 is 5.32 Å². The number of nitrogens with zero attached hydrogens (tertiary/aromatic N) is 1. The van der Waals surface area contributed by atoms with Crippen LogP contribution in [0.15, 0.2) is 65.7 Å². The summed E-state index contributed by atoms with van der Waals surface area (Å²) in [5.41, 5.74) is 2.91. The van der Waals surface area contributed by atoms with E-state index in [0.29, 0.717) is 5.41 Å². The van der Waals surface area contributed by atoms with E-state index in [4.69, 9.17) is 4.99 Å². The van der Waals surface area contributed by atoms with Crippen LogP contribution in [0.1, 0.15) is 43.7 Å². The van der Waals surface area contributed by atoms with Crippen molar-refractivity contribution < 1.29 is 0 Å². The van der Waals surface area contributed by atoms with Crippen LogP contribution in [0.3, 0.4) is 0 Å². The molecule has 0 spiro atoms. The first-order chi connectivity index (χ1) is 11.3. The van der Waals surface area contributed by atoms with E-state index in [2.05, 4.69) is 79.8 Å². The molecular weight excluding hydrogens is 280 g/mol. The molecule has 0 atom stereocenters. The number of nitrogens with one attached hydrogen (secondary N) is 1. The van der Waals surface area contributed by atoms with Gasteiger partial charge in [0.1, 0.15) is 5.84 Å². The highest BCUT2D eigenvalue weighted by atomic mass is 15.1. The molecule has 120 valence electrons. The van der Waals surface area contributed by atoms with Crippen molar-refractivity contribution in [2.75, 3.05) is 13.1 Å². The van der Waals surface area contributed by atoms with Crippen LogP contribution in [0, 0.1) is 5.41 Å². The highest BCUT2D eigenvalue weighted by molar-refractivity contribution is 5.92. The largest absolute Gasteiger partial charge is 0.372 e. The lowest BCUT2D eigenvalue weighted by Crippen LogP contribution is -2.45. The van der Waals surface area contributed by atoms with Gasteiger partial charge in [-0.05, 0) is 24.0 Å². The fourth-order valence-electron chi connectivity index (χ4n) is 3.36. The van der Waals surface area contributed by atoms with E-state index in [-0.39, 0.29) is 5.92 Å². The quantitative estimate of drug-likeness (QED) is 0.856. The lowest BCUT2D eigenvalue weighted by atomic mass is 9.80. The number of hydrogen-bond donors (Lipinski definition) is 1. The van der Waals surface area contributed by atoms with E-state index in [1.807, 2.05) is 0 Å². The third-order valence-electron chi connectivity index (χ3n) is 5.27. The molecule has 1 N–H and O–H groups in total. The second kappa shape index (κ2) is 6.99. The highest BCUT2D eigenvalue weighted by Gasteiger charge is 2.32. The Bertz CT molecular complexity index is 603. The molecule has 0 saturated heterocycles. The van der Waals surface area contributed by atoms with Crippen molar-refractivity contribution >= 4 is 5.84 Å². The molecule has 0 saturated carbocycles. The lowest BCUT2D eigenvalue weighted by Gasteiger charge is -2.37. The maximum Gasteiger partial charge on any atom is 0.108 e. The molecule has 2 aromatic carbocycles. The summed E-state index contributed by atoms with van der Waals surface area (Å²) in [6, 6.07) is 21.4. The molecule has 1 aliphatic rings. The van der Waals surface area contributed by atoms with Gasteiger partial charge in [0.05, 0.1) is 5.92 Å². The summed E-state index contributed by atoms with van der Waals surface area (Å²) in [6.45, 7) is 6.50. The van der Waals surface area contributed by atoms with E-state index >= 15 is 0 Å². The van der Waals surface area contributed by atoms with Crippen molar-refractivity contribution in [2.45, 2.75) is 32.6 Å². The minimum atomic E-state index is 0.198. The first-order valence-corrected chi connectivity index (χ1v) is 8.66. The molecule has 2 nitrogen and oxygen atoms in total. The molecule has 23 heavy (non-hydrogen) atoms. The van der Waals surface area contributed by atoms with Crippen LogP contribution in [-0.2, 0) is 0 Å². The molecule has 1 aliphatic heterocycles. The van der Waals surface area contributed by atoms with Gasteiger partial charge in [0.2, 0.25) is 0 Å². The Morgan fingerprint density at radius 3 is 1.83 bits per heavy atom. The van der Waals surface area contributed by atoms with Crippen LogP contribution in [0.2, 0.25) is 0 Å². The molecule has 1 heterocycles. The summed E-state index contributed by atoms with van der Waals surface area (Å²) in [5, 5.41) is 3.66. The smallest absolute Gasteiger partial charge is 0.108 e. The van der Waals surface area contributed by atoms with Gasteiger partial charge in [-0.1, -0.05) is 74.5 Å². The van der Waals surface area contributed by atoms with E-state index < -0.39 is 0 Å². The standard InChI is InChI=1S/C21H26N2/c1-3-21(4-2)15-22-20(23-16-21)19(17-11-7-5-8-12-17)18-13-9-6-10-14-18/h5-14,19H,3-4,15-16H2,1-2H3,(H,22,23). The summed E-state index contributed by atoms with van der Waals surface area (Å²) in [5.74, 6) is 1.31. The zero-order valence-electron chi connectivity index (χ0n) is 14.1. The fraction of sp³-hybridized carbons (Fsp3) is 0.381. The zero-order chi connectivity index (χ0) is 16.1. The second-order valence-corrected chi connectivity index (χ2v) is 6.52. The van der Waals surface area contributed by atoms with Gasteiger partial charge in [0.25, 0.3) is 0 Å². The van der Waals surface area contributed by atoms with Crippen LogP contribution in [-0.4, -0.2) is 18.9 Å². The Morgan fingerprint density at radius 2 is 1.43 bits per heavy atom. The van der Waals surface area contributed by atoms with Gasteiger partial charge in [0.15, 0.2) is 0 Å². The normalized spacial score (nSPS) is 16.7. The van der Waals surface area contributed by atoms with Crippen molar-refractivity contribution in [3.8, 4) is 0 Å². The van der Waals surface area contributed by atoms with Crippen molar-refractivity contribution in [2.24, 2.45) is 10.4 Å². The maximum atomic E-state index is 4.98. The van der Waals surface area contributed by atoms with Gasteiger partial charge in [-0.15, -0.1) is 0 Å². The van der Waals surface area contributed by atoms with Gasteiger partial charge in [-0.2, -0.15) is 0 Å². The average Bonchev–Trinajstić information content (AvgIpc) is 2.65. The van der Waals surface area contributed by atoms with Gasteiger partial charge in [-0.3, -0.25) is 4.99 Å². The second-order valence-electron chi connectivity index (χ2n) is 6.52. The molecule has 0 aromatic heterocycles. The molecule has 2 heteroatoms. The molecule has 0 unspecified atom stereocenters. The summed E-state index contributed by atoms with van der Waals surface area (Å²) in [4.78, 5) is 4.98. The Morgan fingerprint density at radius 1 is 0.913 bits per heavy atom. The third-order valence-corrected chi connectivity index (χ3v) is 5.27. The molecule has 0 amide bonds. The highest BCUT2D eigenvalue weighted by Crippen LogP contribution is 2.32. The van der Waals surface area contributed by atoms with E-state index in [1.54, 1.807) is 0 Å². The number of benzene rings is 2. The molecular formula is C21H26N2. The van der Waals surface area contributed by atoms with Gasteiger partial charge in [0, 0.05) is 18.5 Å². The topological polar surface area (TPSA) is 24.4 Å². The molecule has 0 radical (unpaired) electrons. The van der Waals surface area contributed by atoms with Crippen molar-refractivity contribution in [3.63, 3.8) is 0 Å². The van der Waals surface area contributed by atoms with E-state index in [9.17, 15) is 0 Å². The number of hydrogen-bond acceptors (Lipinski definition) is 2. The van der Waals surface area contributed by atoms with Gasteiger partial charge >= 0.3 is 0 Å². The van der Waals surface area contributed by atoms with E-state index in [0.717, 1.165) is 18.9 Å². The zero-order valence-corrected chi connectivity index (χ0v) is 14.1. The summed E-state index contributed by atoms with van der Waals surface area (Å²) < 4.78 is 0. The predicted molar refractivity (Wildman–Crippen MR) is 98.0 cm³/mol. The molecule has 2 aromatic rings. The summed E-state index contributed by atoms with van der Waals surface area (Å²) in [6.07, 6.45) is 2.35. The summed E-state index contributed by atoms with van der Waals surface area (Å²) in [7, 11) is 0. The minimum Gasteiger partial charge on any atom is -0.372 e. The number of rotatable bonds is 5. The van der Waals surface area contributed by atoms with Crippen LogP contribution < -0.4 is 5.32 Å². The SMILES string of the molecule is CCC1(CC)CN=C(C(c2ccccc2)c2ccccc2)NC1. The van der Waals surface area contributed by atoms with Crippen LogP contribution in [0.5, 0.6) is 0 Å². The average molecular weight is 306 g/mol. The summed E-state index contributed by atoms with van der Waals surface area (Å²) >= 11 is 0. The predicted octanol–water partition coefficient (Wildman–Crippen LogP) is 4.63. The van der Waals surface area contributed by atoms with Crippen molar-refractivity contribution in [1.29, 1.82) is 0 Å². The van der Waals surface area contributed by atoms with Crippen LogP contribution in [0.4, 0.5) is 0 Å².